The van der Waals surface area contributed by atoms with Gasteiger partial charge in [-0.3, -0.25) is 10.1 Å². The molecule has 0 spiro atoms. The first kappa shape index (κ1) is 14.6. The van der Waals surface area contributed by atoms with Crippen LogP contribution in [0.25, 0.3) is 0 Å². The molecule has 106 valence electrons. The van der Waals surface area contributed by atoms with Gasteiger partial charge in [-0.15, -0.1) is 0 Å². The Morgan fingerprint density at radius 3 is 2.70 bits per heavy atom. The average molecular weight is 311 g/mol. The number of nitrogens with zero attached hydrogens (tertiary/aromatic N) is 2. The molecule has 0 fully saturated rings. The molecule has 0 amide bonds. The highest BCUT2D eigenvalue weighted by molar-refractivity contribution is 7.89. The normalized spacial score (nSPS) is 11.4. The number of rotatable bonds is 5. The minimum absolute atomic E-state index is 0.0543. The Hall–Kier alpha value is -1.84. The fourth-order valence-electron chi connectivity index (χ4n) is 1.49. The Bertz CT molecular complexity index is 722. The van der Waals surface area contributed by atoms with Crippen LogP contribution in [0.5, 0.6) is 0 Å². The van der Waals surface area contributed by atoms with Gasteiger partial charge in [0.25, 0.3) is 0 Å². The molecule has 4 N–H and O–H groups in total. The number of aryl methyl sites for hydroxylation is 1. The summed E-state index contributed by atoms with van der Waals surface area (Å²) in [6.07, 6.45) is 2.80. The summed E-state index contributed by atoms with van der Waals surface area (Å²) in [6.45, 7) is 1.97. The number of aromatic nitrogens is 3. The summed E-state index contributed by atoms with van der Waals surface area (Å²) in [5.41, 5.74) is 7.38. The second kappa shape index (κ2) is 5.65. The minimum Gasteiger partial charge on any atom is -0.388 e. The summed E-state index contributed by atoms with van der Waals surface area (Å²) in [6, 6.07) is 2.88. The van der Waals surface area contributed by atoms with Crippen LogP contribution < -0.4 is 10.5 Å². The van der Waals surface area contributed by atoms with Gasteiger partial charge in [-0.25, -0.2) is 13.1 Å². The number of aromatic amines is 1. The molecule has 0 bridgehead atoms. The number of sulfonamides is 1. The van der Waals surface area contributed by atoms with Crippen molar-refractivity contribution in [2.45, 2.75) is 18.4 Å². The smallest absolute Gasteiger partial charge is 0.242 e. The number of hydrogen-bond donors (Lipinski definition) is 3. The van der Waals surface area contributed by atoms with Crippen molar-refractivity contribution in [3.05, 3.63) is 41.5 Å². The molecule has 0 saturated carbocycles. The Balaban J connectivity index is 2.14. The van der Waals surface area contributed by atoms with Gasteiger partial charge < -0.3 is 5.73 Å². The van der Waals surface area contributed by atoms with Gasteiger partial charge in [0.1, 0.15) is 9.88 Å². The molecule has 0 radical (unpaired) electrons. The monoisotopic (exact) mass is 311 g/mol. The highest BCUT2D eigenvalue weighted by Gasteiger charge is 2.15. The van der Waals surface area contributed by atoms with Crippen molar-refractivity contribution in [1.29, 1.82) is 0 Å². The predicted molar refractivity (Wildman–Crippen MR) is 77.5 cm³/mol. The van der Waals surface area contributed by atoms with Crippen molar-refractivity contribution in [3.63, 3.8) is 0 Å². The van der Waals surface area contributed by atoms with E-state index in [0.717, 1.165) is 11.3 Å². The molecule has 0 aromatic carbocycles. The van der Waals surface area contributed by atoms with E-state index in [4.69, 9.17) is 18.0 Å². The third-order valence-corrected chi connectivity index (χ3v) is 4.28. The first-order valence-electron chi connectivity index (χ1n) is 5.64. The summed E-state index contributed by atoms with van der Waals surface area (Å²) < 4.78 is 26.6. The fourth-order valence-corrected chi connectivity index (χ4v) is 2.57. The van der Waals surface area contributed by atoms with E-state index in [9.17, 15) is 8.42 Å². The minimum atomic E-state index is -3.63. The van der Waals surface area contributed by atoms with Crippen molar-refractivity contribution in [3.8, 4) is 0 Å². The van der Waals surface area contributed by atoms with E-state index < -0.39 is 10.0 Å². The molecule has 2 rings (SSSR count). The Morgan fingerprint density at radius 2 is 2.20 bits per heavy atom. The van der Waals surface area contributed by atoms with Crippen LogP contribution in [0.4, 0.5) is 0 Å². The topological polar surface area (TPSA) is 114 Å². The predicted octanol–water partition coefficient (Wildman–Crippen LogP) is 0.226. The zero-order valence-electron chi connectivity index (χ0n) is 10.6. The molecule has 0 aliphatic heterocycles. The Kier molecular flexibility index (Phi) is 4.12. The average Bonchev–Trinajstić information content (AvgIpc) is 2.82. The van der Waals surface area contributed by atoms with E-state index in [1.54, 1.807) is 6.20 Å². The molecule has 2 heterocycles. The number of nitrogens with one attached hydrogen (secondary N) is 2. The lowest BCUT2D eigenvalue weighted by molar-refractivity contribution is 0.581. The van der Waals surface area contributed by atoms with Crippen molar-refractivity contribution in [1.82, 2.24) is 19.9 Å². The van der Waals surface area contributed by atoms with Gasteiger partial charge in [0.15, 0.2) is 0 Å². The second-order valence-corrected chi connectivity index (χ2v) is 6.29. The van der Waals surface area contributed by atoms with Crippen LogP contribution in [-0.4, -0.2) is 28.6 Å². The van der Waals surface area contributed by atoms with Gasteiger partial charge in [-0.1, -0.05) is 12.2 Å². The highest BCUT2D eigenvalue weighted by Crippen LogP contribution is 2.10. The van der Waals surface area contributed by atoms with E-state index in [1.807, 2.05) is 6.92 Å². The van der Waals surface area contributed by atoms with Gasteiger partial charge >= 0.3 is 0 Å². The molecule has 2 aromatic heterocycles. The molecular formula is C11H13N5O2S2. The van der Waals surface area contributed by atoms with E-state index in [2.05, 4.69) is 19.9 Å². The van der Waals surface area contributed by atoms with Gasteiger partial charge in [-0.05, 0) is 19.1 Å². The molecule has 2 aromatic rings. The third kappa shape index (κ3) is 3.18. The van der Waals surface area contributed by atoms with E-state index in [1.165, 1.54) is 18.3 Å². The molecule has 9 heteroatoms. The Morgan fingerprint density at radius 1 is 1.45 bits per heavy atom. The van der Waals surface area contributed by atoms with E-state index in [0.29, 0.717) is 5.69 Å². The van der Waals surface area contributed by atoms with Gasteiger partial charge in [0.2, 0.25) is 10.0 Å². The summed E-state index contributed by atoms with van der Waals surface area (Å²) >= 11 is 4.76. The lowest BCUT2D eigenvalue weighted by Crippen LogP contribution is -2.24. The lowest BCUT2D eigenvalue weighted by Gasteiger charge is -2.06. The second-order valence-electron chi connectivity index (χ2n) is 4.09. The maximum atomic E-state index is 12.1. The summed E-state index contributed by atoms with van der Waals surface area (Å²) in [7, 11) is -3.63. The maximum absolute atomic E-state index is 12.1. The van der Waals surface area contributed by atoms with Crippen molar-refractivity contribution < 1.29 is 8.42 Å². The van der Waals surface area contributed by atoms with E-state index >= 15 is 0 Å². The van der Waals surface area contributed by atoms with Crippen LogP contribution in [0.1, 0.15) is 17.0 Å². The number of H-pyrrole nitrogens is 1. The zero-order chi connectivity index (χ0) is 14.8. The molecule has 0 unspecified atom stereocenters. The number of nitrogens with two attached hydrogens (primary N) is 1. The molecule has 0 atom stereocenters. The molecule has 0 aliphatic rings. The number of pyridine rings is 1. The number of hydrogen-bond acceptors (Lipinski definition) is 5. The standard InChI is InChI=1S/C11H13N5O2S2/c1-7-8(4-14-16-7)5-15-20(17,18)9-2-3-10(11(12)19)13-6-9/h2-4,6,15H,5H2,1H3,(H2,12,19)(H,14,16). The van der Waals surface area contributed by atoms with Crippen LogP contribution in [0.3, 0.4) is 0 Å². The first-order chi connectivity index (χ1) is 9.40. The molecule has 0 aliphatic carbocycles. The molecule has 7 nitrogen and oxygen atoms in total. The van der Waals surface area contributed by atoms with Gasteiger partial charge in [-0.2, -0.15) is 5.10 Å². The van der Waals surface area contributed by atoms with Crippen LogP contribution in [0, 0.1) is 6.92 Å². The van der Waals surface area contributed by atoms with Crippen molar-refractivity contribution in [2.75, 3.05) is 0 Å². The molecule has 20 heavy (non-hydrogen) atoms. The van der Waals surface area contributed by atoms with Crippen molar-refractivity contribution in [2.24, 2.45) is 5.73 Å². The largest absolute Gasteiger partial charge is 0.388 e. The number of thiocarbonyl (C=S) groups is 1. The maximum Gasteiger partial charge on any atom is 0.242 e. The van der Waals surface area contributed by atoms with Gasteiger partial charge in [0.05, 0.1) is 11.9 Å². The van der Waals surface area contributed by atoms with Crippen LogP contribution in [0.2, 0.25) is 0 Å². The van der Waals surface area contributed by atoms with Crippen molar-refractivity contribution >= 4 is 27.2 Å². The third-order valence-electron chi connectivity index (χ3n) is 2.69. The zero-order valence-corrected chi connectivity index (χ0v) is 12.3. The summed E-state index contributed by atoms with van der Waals surface area (Å²) in [5, 5.41) is 6.56. The van der Waals surface area contributed by atoms with Crippen LogP contribution in [-0.2, 0) is 16.6 Å². The highest BCUT2D eigenvalue weighted by atomic mass is 32.2. The van der Waals surface area contributed by atoms with Crippen LogP contribution >= 0.6 is 12.2 Å². The molecular weight excluding hydrogens is 298 g/mol. The van der Waals surface area contributed by atoms with Gasteiger partial charge in [0, 0.05) is 24.0 Å². The SMILES string of the molecule is Cc1[nH]ncc1CNS(=O)(=O)c1ccc(C(N)=S)nc1. The Labute approximate surface area is 121 Å². The van der Waals surface area contributed by atoms with E-state index in [-0.39, 0.29) is 16.4 Å². The first-order valence-corrected chi connectivity index (χ1v) is 7.53. The van der Waals surface area contributed by atoms with Crippen LogP contribution in [0.15, 0.2) is 29.4 Å². The lowest BCUT2D eigenvalue weighted by atomic mass is 10.3. The summed E-state index contributed by atoms with van der Waals surface area (Å²) in [4.78, 5) is 4.08. The fraction of sp³-hybridized carbons (Fsp3) is 0.182. The molecule has 0 saturated heterocycles. The summed E-state index contributed by atoms with van der Waals surface area (Å²) in [5.74, 6) is 0. The quantitative estimate of drug-likeness (QED) is 0.681.